The second-order valence-corrected chi connectivity index (χ2v) is 5.71. The lowest BCUT2D eigenvalue weighted by Crippen LogP contribution is -2.23. The molecule has 1 N–H and O–H groups in total. The fraction of sp³-hybridized carbons (Fsp3) is 0.154. The highest BCUT2D eigenvalue weighted by Gasteiger charge is 2.16. The second-order valence-electron chi connectivity index (χ2n) is 3.94. The predicted molar refractivity (Wildman–Crippen MR) is 71.2 cm³/mol. The van der Waals surface area contributed by atoms with Crippen molar-refractivity contribution in [2.45, 2.75) is 11.4 Å². The molecule has 0 saturated carbocycles. The number of nitrogens with one attached hydrogen (secondary N) is 1. The smallest absolute Gasteiger partial charge is 0.241 e. The van der Waals surface area contributed by atoms with Crippen LogP contribution in [0.4, 0.5) is 4.39 Å². The molecule has 0 fully saturated rings. The number of hydrogen-bond acceptors (Lipinski definition) is 4. The van der Waals surface area contributed by atoms with Gasteiger partial charge in [0.2, 0.25) is 10.0 Å². The SMILES string of the molecule is COc1cc(S(=O)(=O)NCc2ccccn2)ccc1F. The summed E-state index contributed by atoms with van der Waals surface area (Å²) in [6.07, 6.45) is 1.57. The first kappa shape index (κ1) is 14.4. The highest BCUT2D eigenvalue weighted by Crippen LogP contribution is 2.21. The summed E-state index contributed by atoms with van der Waals surface area (Å²) in [5.74, 6) is -0.734. The van der Waals surface area contributed by atoms with Gasteiger partial charge in [0.1, 0.15) is 0 Å². The molecule has 106 valence electrons. The molecule has 0 aliphatic carbocycles. The standard InChI is InChI=1S/C13H13FN2O3S/c1-19-13-8-11(5-6-12(13)14)20(17,18)16-9-10-4-2-3-7-15-10/h2-8,16H,9H2,1H3. The van der Waals surface area contributed by atoms with Crippen LogP contribution >= 0.6 is 0 Å². The number of halogens is 1. The predicted octanol–water partition coefficient (Wildman–Crippen LogP) is 1.71. The summed E-state index contributed by atoms with van der Waals surface area (Å²) in [5, 5.41) is 0. The van der Waals surface area contributed by atoms with Gasteiger partial charge in [-0.2, -0.15) is 0 Å². The molecule has 0 amide bonds. The van der Waals surface area contributed by atoms with E-state index in [1.54, 1.807) is 24.4 Å². The maximum Gasteiger partial charge on any atom is 0.241 e. The molecule has 20 heavy (non-hydrogen) atoms. The summed E-state index contributed by atoms with van der Waals surface area (Å²) in [7, 11) is -2.47. The number of aromatic nitrogens is 1. The minimum absolute atomic E-state index is 0.0584. The minimum atomic E-state index is -3.74. The van der Waals surface area contributed by atoms with Crippen molar-refractivity contribution in [3.05, 3.63) is 54.1 Å². The van der Waals surface area contributed by atoms with Gasteiger partial charge in [0.15, 0.2) is 11.6 Å². The Bertz CT molecular complexity index is 690. The van der Waals surface area contributed by atoms with Crippen LogP contribution in [0.25, 0.3) is 0 Å². The summed E-state index contributed by atoms with van der Waals surface area (Å²) in [6.45, 7) is 0.0584. The molecule has 0 aliphatic rings. The second kappa shape index (κ2) is 5.98. The molecule has 2 aromatic rings. The van der Waals surface area contributed by atoms with E-state index in [4.69, 9.17) is 4.74 Å². The lowest BCUT2D eigenvalue weighted by molar-refractivity contribution is 0.385. The van der Waals surface area contributed by atoms with Crippen LogP contribution in [0.3, 0.4) is 0 Å². The van der Waals surface area contributed by atoms with E-state index in [0.29, 0.717) is 5.69 Å². The zero-order chi connectivity index (χ0) is 14.6. The number of hydrogen-bond donors (Lipinski definition) is 1. The van der Waals surface area contributed by atoms with Crippen LogP contribution < -0.4 is 9.46 Å². The van der Waals surface area contributed by atoms with Crippen LogP contribution in [0.15, 0.2) is 47.5 Å². The monoisotopic (exact) mass is 296 g/mol. The normalized spacial score (nSPS) is 11.3. The molecular formula is C13H13FN2O3S. The molecule has 7 heteroatoms. The third kappa shape index (κ3) is 3.31. The van der Waals surface area contributed by atoms with Crippen LogP contribution in [0.2, 0.25) is 0 Å². The number of pyridine rings is 1. The Morgan fingerprint density at radius 1 is 1.30 bits per heavy atom. The molecule has 0 atom stereocenters. The van der Waals surface area contributed by atoms with Gasteiger partial charge in [-0.25, -0.2) is 17.5 Å². The van der Waals surface area contributed by atoms with Gasteiger partial charge in [0, 0.05) is 12.3 Å². The maximum absolute atomic E-state index is 13.3. The molecule has 1 heterocycles. The Morgan fingerprint density at radius 2 is 2.10 bits per heavy atom. The third-order valence-electron chi connectivity index (χ3n) is 2.60. The molecule has 0 aliphatic heterocycles. The topological polar surface area (TPSA) is 68.3 Å². The molecule has 0 unspecified atom stereocenters. The van der Waals surface area contributed by atoms with E-state index in [1.165, 1.54) is 13.2 Å². The average Bonchev–Trinajstić information content (AvgIpc) is 2.46. The van der Waals surface area contributed by atoms with E-state index in [-0.39, 0.29) is 17.2 Å². The van der Waals surface area contributed by atoms with Gasteiger partial charge in [-0.3, -0.25) is 4.98 Å². The van der Waals surface area contributed by atoms with E-state index in [9.17, 15) is 12.8 Å². The molecular weight excluding hydrogens is 283 g/mol. The van der Waals surface area contributed by atoms with Crippen molar-refractivity contribution in [1.29, 1.82) is 0 Å². The van der Waals surface area contributed by atoms with Crippen LogP contribution in [0.5, 0.6) is 5.75 Å². The van der Waals surface area contributed by atoms with E-state index in [0.717, 1.165) is 12.1 Å². The van der Waals surface area contributed by atoms with Crippen molar-refractivity contribution in [2.24, 2.45) is 0 Å². The molecule has 0 bridgehead atoms. The summed E-state index contributed by atoms with van der Waals surface area (Å²) in [5.41, 5.74) is 0.588. The molecule has 2 rings (SSSR count). The Kier molecular flexibility index (Phi) is 4.31. The van der Waals surface area contributed by atoms with Crippen molar-refractivity contribution in [3.63, 3.8) is 0 Å². The molecule has 0 radical (unpaired) electrons. The number of nitrogens with zero attached hydrogens (tertiary/aromatic N) is 1. The van der Waals surface area contributed by atoms with E-state index in [2.05, 4.69) is 9.71 Å². The highest BCUT2D eigenvalue weighted by atomic mass is 32.2. The largest absolute Gasteiger partial charge is 0.494 e. The van der Waals surface area contributed by atoms with Gasteiger partial charge >= 0.3 is 0 Å². The van der Waals surface area contributed by atoms with Crippen molar-refractivity contribution < 1.29 is 17.5 Å². The van der Waals surface area contributed by atoms with Crippen LogP contribution in [-0.2, 0) is 16.6 Å². The fourth-order valence-corrected chi connectivity index (χ4v) is 2.58. The molecule has 0 spiro atoms. The van der Waals surface area contributed by atoms with E-state index >= 15 is 0 Å². The molecule has 1 aromatic heterocycles. The zero-order valence-corrected chi connectivity index (χ0v) is 11.5. The summed E-state index contributed by atoms with van der Waals surface area (Å²) in [6, 6.07) is 8.57. The lowest BCUT2D eigenvalue weighted by Gasteiger charge is -2.08. The number of ether oxygens (including phenoxy) is 1. The van der Waals surface area contributed by atoms with Crippen LogP contribution in [0.1, 0.15) is 5.69 Å². The quantitative estimate of drug-likeness (QED) is 0.912. The molecule has 1 aromatic carbocycles. The van der Waals surface area contributed by atoms with Crippen molar-refractivity contribution in [1.82, 2.24) is 9.71 Å². The summed E-state index contributed by atoms with van der Waals surface area (Å²) >= 11 is 0. The first-order valence-electron chi connectivity index (χ1n) is 5.76. The first-order chi connectivity index (χ1) is 9.53. The van der Waals surface area contributed by atoms with Crippen molar-refractivity contribution in [3.8, 4) is 5.75 Å². The summed E-state index contributed by atoms with van der Waals surface area (Å²) < 4.78 is 44.6. The van der Waals surface area contributed by atoms with Gasteiger partial charge in [0.05, 0.1) is 24.2 Å². The fourth-order valence-electron chi connectivity index (χ4n) is 1.56. The molecule has 5 nitrogen and oxygen atoms in total. The Labute approximate surface area is 116 Å². The van der Waals surface area contributed by atoms with Gasteiger partial charge in [-0.15, -0.1) is 0 Å². The highest BCUT2D eigenvalue weighted by molar-refractivity contribution is 7.89. The van der Waals surface area contributed by atoms with E-state index in [1.807, 2.05) is 0 Å². The van der Waals surface area contributed by atoms with Crippen molar-refractivity contribution in [2.75, 3.05) is 7.11 Å². The van der Waals surface area contributed by atoms with Crippen molar-refractivity contribution >= 4 is 10.0 Å². The van der Waals surface area contributed by atoms with Crippen LogP contribution in [-0.4, -0.2) is 20.5 Å². The number of benzene rings is 1. The van der Waals surface area contributed by atoms with Crippen LogP contribution in [0, 0.1) is 5.82 Å². The number of methoxy groups -OCH3 is 1. The Hall–Kier alpha value is -1.99. The number of rotatable bonds is 5. The average molecular weight is 296 g/mol. The molecule has 0 saturated heterocycles. The summed E-state index contributed by atoms with van der Waals surface area (Å²) in [4.78, 5) is 3.95. The Balaban J connectivity index is 2.18. The maximum atomic E-state index is 13.3. The zero-order valence-electron chi connectivity index (χ0n) is 10.7. The van der Waals surface area contributed by atoms with Gasteiger partial charge < -0.3 is 4.74 Å². The number of sulfonamides is 1. The third-order valence-corrected chi connectivity index (χ3v) is 4.00. The Morgan fingerprint density at radius 3 is 2.75 bits per heavy atom. The van der Waals surface area contributed by atoms with Gasteiger partial charge in [0.25, 0.3) is 0 Å². The minimum Gasteiger partial charge on any atom is -0.494 e. The van der Waals surface area contributed by atoms with Gasteiger partial charge in [-0.05, 0) is 24.3 Å². The van der Waals surface area contributed by atoms with Gasteiger partial charge in [-0.1, -0.05) is 6.07 Å². The first-order valence-corrected chi connectivity index (χ1v) is 7.24. The van der Waals surface area contributed by atoms with E-state index < -0.39 is 15.8 Å². The lowest BCUT2D eigenvalue weighted by atomic mass is 10.3.